The molecule has 2 rings (SSSR count). The van der Waals surface area contributed by atoms with Gasteiger partial charge in [0.05, 0.1) is 5.69 Å². The number of pyridine rings is 1. The predicted octanol–water partition coefficient (Wildman–Crippen LogP) is 0.537. The van der Waals surface area contributed by atoms with Crippen LogP contribution in [0.3, 0.4) is 0 Å². The fraction of sp³-hybridized carbons (Fsp3) is 0.643. The van der Waals surface area contributed by atoms with Crippen LogP contribution >= 0.6 is 0 Å². The fourth-order valence-electron chi connectivity index (χ4n) is 2.53. The van der Waals surface area contributed by atoms with Gasteiger partial charge in [-0.1, -0.05) is 6.92 Å². The molecule has 1 aliphatic heterocycles. The van der Waals surface area contributed by atoms with Gasteiger partial charge < -0.3 is 14.6 Å². The Morgan fingerprint density at radius 3 is 2.37 bits per heavy atom. The van der Waals surface area contributed by atoms with Crippen molar-refractivity contribution in [2.45, 2.75) is 20.4 Å². The molecular weight excluding hydrogens is 242 g/mol. The lowest BCUT2D eigenvalue weighted by molar-refractivity contribution is 0.128. The van der Waals surface area contributed by atoms with Crippen LogP contribution < -0.4 is 5.43 Å². The van der Waals surface area contributed by atoms with E-state index in [9.17, 15) is 9.90 Å². The maximum atomic E-state index is 11.7. The van der Waals surface area contributed by atoms with Gasteiger partial charge in [0.15, 0.2) is 5.75 Å². The van der Waals surface area contributed by atoms with Crippen LogP contribution in [0.4, 0.5) is 0 Å². The lowest BCUT2D eigenvalue weighted by Crippen LogP contribution is -2.46. The number of rotatable bonds is 3. The molecule has 5 heteroatoms. The van der Waals surface area contributed by atoms with Crippen molar-refractivity contribution in [1.29, 1.82) is 0 Å². The van der Waals surface area contributed by atoms with E-state index in [0.29, 0.717) is 6.54 Å². The van der Waals surface area contributed by atoms with Crippen molar-refractivity contribution in [3.8, 4) is 5.75 Å². The molecular formula is C14H23N3O2. The van der Waals surface area contributed by atoms with E-state index in [0.717, 1.165) is 44.1 Å². The van der Waals surface area contributed by atoms with E-state index >= 15 is 0 Å². The molecule has 1 fully saturated rings. The van der Waals surface area contributed by atoms with Crippen LogP contribution in [0.25, 0.3) is 0 Å². The summed E-state index contributed by atoms with van der Waals surface area (Å²) >= 11 is 0. The lowest BCUT2D eigenvalue weighted by Gasteiger charge is -2.34. The molecule has 0 aromatic carbocycles. The van der Waals surface area contributed by atoms with Crippen LogP contribution in [0.15, 0.2) is 10.9 Å². The number of aromatic hydroxyl groups is 1. The quantitative estimate of drug-likeness (QED) is 0.866. The van der Waals surface area contributed by atoms with Gasteiger partial charge in [-0.25, -0.2) is 0 Å². The van der Waals surface area contributed by atoms with Gasteiger partial charge in [0.25, 0.3) is 0 Å². The molecule has 0 bridgehead atoms. The molecule has 19 heavy (non-hydrogen) atoms. The van der Waals surface area contributed by atoms with E-state index in [1.54, 1.807) is 0 Å². The van der Waals surface area contributed by atoms with E-state index in [4.69, 9.17) is 0 Å². The molecule has 1 N–H and O–H groups in total. The summed E-state index contributed by atoms with van der Waals surface area (Å²) in [6.07, 6.45) is 0. The third-order valence-corrected chi connectivity index (χ3v) is 4.07. The molecule has 106 valence electrons. The number of aryl methyl sites for hydroxylation is 1. The molecule has 0 radical (unpaired) electrons. The predicted molar refractivity (Wildman–Crippen MR) is 75.5 cm³/mol. The SMILES string of the molecule is CCN1CCN(Cc2c(O)c(=O)cc(C)n2C)CC1. The summed E-state index contributed by atoms with van der Waals surface area (Å²) in [5.41, 5.74) is 1.32. The zero-order valence-corrected chi connectivity index (χ0v) is 12.0. The van der Waals surface area contributed by atoms with Gasteiger partial charge in [-0.2, -0.15) is 0 Å². The first-order chi connectivity index (χ1) is 9.02. The van der Waals surface area contributed by atoms with Crippen molar-refractivity contribution in [2.24, 2.45) is 7.05 Å². The first kappa shape index (κ1) is 14.1. The maximum absolute atomic E-state index is 11.7. The van der Waals surface area contributed by atoms with Gasteiger partial charge >= 0.3 is 0 Å². The standard InChI is InChI=1S/C14H23N3O2/c1-4-16-5-7-17(8-6-16)10-12-14(19)13(18)9-11(2)15(12)3/h9,19H,4-8,10H2,1-3H3. The first-order valence-corrected chi connectivity index (χ1v) is 6.86. The monoisotopic (exact) mass is 265 g/mol. The van der Waals surface area contributed by atoms with Crippen molar-refractivity contribution in [3.05, 3.63) is 27.7 Å². The molecule has 0 amide bonds. The Morgan fingerprint density at radius 2 is 1.79 bits per heavy atom. The van der Waals surface area contributed by atoms with Gasteiger partial charge in [0.1, 0.15) is 0 Å². The zero-order valence-electron chi connectivity index (χ0n) is 12.0. The zero-order chi connectivity index (χ0) is 14.0. The number of nitrogens with zero attached hydrogens (tertiary/aromatic N) is 3. The summed E-state index contributed by atoms with van der Waals surface area (Å²) in [6, 6.07) is 1.48. The molecule has 1 saturated heterocycles. The number of piperazine rings is 1. The van der Waals surface area contributed by atoms with E-state index < -0.39 is 0 Å². The van der Waals surface area contributed by atoms with Gasteiger partial charge in [0, 0.05) is 51.5 Å². The largest absolute Gasteiger partial charge is 0.503 e. The second-order valence-electron chi connectivity index (χ2n) is 5.21. The number of likely N-dealkylation sites (N-methyl/N-ethyl adjacent to an activating group) is 1. The molecule has 1 aromatic rings. The van der Waals surface area contributed by atoms with Crippen LogP contribution in [-0.2, 0) is 13.6 Å². The Labute approximate surface area is 114 Å². The molecule has 1 aromatic heterocycles. The Kier molecular flexibility index (Phi) is 4.27. The normalized spacial score (nSPS) is 17.8. The Bertz CT molecular complexity index is 502. The number of hydrogen-bond acceptors (Lipinski definition) is 4. The summed E-state index contributed by atoms with van der Waals surface area (Å²) in [5.74, 6) is -0.106. The van der Waals surface area contributed by atoms with Crippen molar-refractivity contribution in [2.75, 3.05) is 32.7 Å². The molecule has 0 aliphatic carbocycles. The molecule has 1 aliphatic rings. The highest BCUT2D eigenvalue weighted by Gasteiger charge is 2.19. The fourth-order valence-corrected chi connectivity index (χ4v) is 2.53. The van der Waals surface area contributed by atoms with E-state index in [-0.39, 0.29) is 11.2 Å². The van der Waals surface area contributed by atoms with Crippen molar-refractivity contribution < 1.29 is 5.11 Å². The van der Waals surface area contributed by atoms with Gasteiger partial charge in [-0.3, -0.25) is 9.69 Å². The highest BCUT2D eigenvalue weighted by atomic mass is 16.3. The van der Waals surface area contributed by atoms with Crippen LogP contribution in [0, 0.1) is 6.92 Å². The third-order valence-electron chi connectivity index (χ3n) is 4.07. The Hall–Kier alpha value is -1.33. The second-order valence-corrected chi connectivity index (χ2v) is 5.21. The molecule has 0 atom stereocenters. The minimum atomic E-state index is -0.280. The van der Waals surface area contributed by atoms with Gasteiger partial charge in [0.2, 0.25) is 5.43 Å². The molecule has 2 heterocycles. The van der Waals surface area contributed by atoms with Crippen molar-refractivity contribution >= 4 is 0 Å². The van der Waals surface area contributed by atoms with Crippen LogP contribution in [0.2, 0.25) is 0 Å². The van der Waals surface area contributed by atoms with Crippen molar-refractivity contribution in [3.63, 3.8) is 0 Å². The molecule has 5 nitrogen and oxygen atoms in total. The summed E-state index contributed by atoms with van der Waals surface area (Å²) in [4.78, 5) is 16.4. The molecule has 0 spiro atoms. The highest BCUT2D eigenvalue weighted by molar-refractivity contribution is 5.29. The highest BCUT2D eigenvalue weighted by Crippen LogP contribution is 2.16. The summed E-state index contributed by atoms with van der Waals surface area (Å²) in [7, 11) is 1.89. The molecule has 0 saturated carbocycles. The lowest BCUT2D eigenvalue weighted by atomic mass is 10.2. The average Bonchev–Trinajstić information content (AvgIpc) is 2.42. The summed E-state index contributed by atoms with van der Waals surface area (Å²) < 4.78 is 1.91. The number of hydrogen-bond donors (Lipinski definition) is 1. The Morgan fingerprint density at radius 1 is 1.21 bits per heavy atom. The minimum Gasteiger partial charge on any atom is -0.503 e. The maximum Gasteiger partial charge on any atom is 0.223 e. The van der Waals surface area contributed by atoms with Crippen molar-refractivity contribution in [1.82, 2.24) is 14.4 Å². The van der Waals surface area contributed by atoms with Gasteiger partial charge in [-0.05, 0) is 13.5 Å². The average molecular weight is 265 g/mol. The number of aromatic nitrogens is 1. The van der Waals surface area contributed by atoms with Crippen LogP contribution in [-0.4, -0.2) is 52.2 Å². The van der Waals surface area contributed by atoms with Gasteiger partial charge in [-0.15, -0.1) is 0 Å². The smallest absolute Gasteiger partial charge is 0.223 e. The van der Waals surface area contributed by atoms with E-state index in [1.807, 2.05) is 18.5 Å². The minimum absolute atomic E-state index is 0.106. The summed E-state index contributed by atoms with van der Waals surface area (Å²) in [5, 5.41) is 9.96. The topological polar surface area (TPSA) is 48.7 Å². The third kappa shape index (κ3) is 2.98. The van der Waals surface area contributed by atoms with Crippen LogP contribution in [0.5, 0.6) is 5.75 Å². The summed E-state index contributed by atoms with van der Waals surface area (Å²) in [6.45, 7) is 9.85. The van der Waals surface area contributed by atoms with E-state index in [1.165, 1.54) is 6.07 Å². The second kappa shape index (κ2) is 5.75. The first-order valence-electron chi connectivity index (χ1n) is 6.86. The Balaban J connectivity index is 2.14. The van der Waals surface area contributed by atoms with Crippen LogP contribution in [0.1, 0.15) is 18.3 Å². The molecule has 0 unspecified atom stereocenters. The van der Waals surface area contributed by atoms with E-state index in [2.05, 4.69) is 16.7 Å².